The summed E-state index contributed by atoms with van der Waals surface area (Å²) in [5, 5.41) is 2.63. The molecule has 13 heavy (non-hydrogen) atoms. The minimum absolute atomic E-state index is 0.0605. The van der Waals surface area contributed by atoms with Crippen LogP contribution in [0.4, 0.5) is 0 Å². The van der Waals surface area contributed by atoms with Gasteiger partial charge in [-0.2, -0.15) is 0 Å². The van der Waals surface area contributed by atoms with Crippen LogP contribution in [0.15, 0.2) is 0 Å². The maximum absolute atomic E-state index is 11.0. The molecule has 0 aromatic heterocycles. The van der Waals surface area contributed by atoms with E-state index in [1.54, 1.807) is 0 Å². The maximum Gasteiger partial charge on any atom is 0.222 e. The van der Waals surface area contributed by atoms with Crippen molar-refractivity contribution >= 4 is 11.7 Å². The predicted octanol–water partition coefficient (Wildman–Crippen LogP) is 0.508. The van der Waals surface area contributed by atoms with Gasteiger partial charge in [0.25, 0.3) is 0 Å². The summed E-state index contributed by atoms with van der Waals surface area (Å²) in [7, 11) is 0. The molecular weight excluding hydrogens is 170 g/mol. The van der Waals surface area contributed by atoms with E-state index in [2.05, 4.69) is 5.32 Å². The van der Waals surface area contributed by atoms with Crippen LogP contribution < -0.4 is 5.32 Å². The zero-order valence-corrected chi connectivity index (χ0v) is 8.26. The highest BCUT2D eigenvalue weighted by atomic mass is 16.5. The van der Waals surface area contributed by atoms with Crippen LogP contribution in [0.2, 0.25) is 0 Å². The Morgan fingerprint density at radius 3 is 2.54 bits per heavy atom. The van der Waals surface area contributed by atoms with Crippen molar-refractivity contribution in [2.24, 2.45) is 0 Å². The molecule has 1 amide bonds. The molecule has 1 N–H and O–H groups in total. The molecule has 0 saturated heterocycles. The molecule has 0 aliphatic heterocycles. The van der Waals surface area contributed by atoms with Crippen molar-refractivity contribution < 1.29 is 14.3 Å². The lowest BCUT2D eigenvalue weighted by molar-refractivity contribution is -0.122. The molecule has 0 aliphatic rings. The summed E-state index contributed by atoms with van der Waals surface area (Å²) in [4.78, 5) is 21.5. The first-order chi connectivity index (χ1) is 6.16. The van der Waals surface area contributed by atoms with Crippen molar-refractivity contribution in [3.05, 3.63) is 0 Å². The van der Waals surface area contributed by atoms with Gasteiger partial charge in [0.15, 0.2) is 0 Å². The fourth-order valence-electron chi connectivity index (χ4n) is 0.776. The molecule has 0 spiro atoms. The maximum atomic E-state index is 11.0. The van der Waals surface area contributed by atoms with Crippen molar-refractivity contribution in [3.8, 4) is 0 Å². The van der Waals surface area contributed by atoms with E-state index in [0.717, 1.165) is 0 Å². The van der Waals surface area contributed by atoms with E-state index >= 15 is 0 Å². The number of hydrogen-bond donors (Lipinski definition) is 1. The van der Waals surface area contributed by atoms with Gasteiger partial charge >= 0.3 is 0 Å². The molecule has 4 nitrogen and oxygen atoms in total. The van der Waals surface area contributed by atoms with Crippen molar-refractivity contribution in [1.82, 2.24) is 5.32 Å². The van der Waals surface area contributed by atoms with Gasteiger partial charge in [0, 0.05) is 26.0 Å². The van der Waals surface area contributed by atoms with E-state index in [0.29, 0.717) is 32.6 Å². The number of hydrogen-bond acceptors (Lipinski definition) is 3. The summed E-state index contributed by atoms with van der Waals surface area (Å²) in [6.07, 6.45) is 0.770. The molecule has 0 rings (SSSR count). The Balaban J connectivity index is 3.25. The fourth-order valence-corrected chi connectivity index (χ4v) is 0.776. The van der Waals surface area contributed by atoms with Crippen LogP contribution in [0.3, 0.4) is 0 Å². The quantitative estimate of drug-likeness (QED) is 0.591. The van der Waals surface area contributed by atoms with Crippen LogP contribution in [0.5, 0.6) is 0 Å². The number of ether oxygens (including phenoxy) is 1. The third-order valence-electron chi connectivity index (χ3n) is 1.48. The average Bonchev–Trinajstić information content (AvgIpc) is 2.04. The molecule has 0 atom stereocenters. The van der Waals surface area contributed by atoms with Crippen LogP contribution >= 0.6 is 0 Å². The van der Waals surface area contributed by atoms with Crippen molar-refractivity contribution in [2.75, 3.05) is 19.8 Å². The number of rotatable bonds is 7. The standard InChI is InChI=1S/C9H17NO3/c1-3-13-7-5-9(12)10-6-4-8(2)11/h3-7H2,1-2H3,(H,10,12). The molecule has 4 heteroatoms. The van der Waals surface area contributed by atoms with Gasteiger partial charge in [0.1, 0.15) is 5.78 Å². The molecule has 0 unspecified atom stereocenters. The lowest BCUT2D eigenvalue weighted by Gasteiger charge is -2.03. The summed E-state index contributed by atoms with van der Waals surface area (Å²) in [6.45, 7) is 4.89. The van der Waals surface area contributed by atoms with Crippen LogP contribution in [-0.2, 0) is 14.3 Å². The second-order valence-corrected chi connectivity index (χ2v) is 2.75. The summed E-state index contributed by atoms with van der Waals surface area (Å²) < 4.78 is 5.00. The third kappa shape index (κ3) is 9.01. The summed E-state index contributed by atoms with van der Waals surface area (Å²) in [6, 6.07) is 0. The second-order valence-electron chi connectivity index (χ2n) is 2.75. The van der Waals surface area contributed by atoms with Gasteiger partial charge in [-0.1, -0.05) is 0 Å². The summed E-state index contributed by atoms with van der Waals surface area (Å²) in [5.74, 6) is 0.0276. The Labute approximate surface area is 78.6 Å². The van der Waals surface area contributed by atoms with Gasteiger partial charge in [0.2, 0.25) is 5.91 Å². The van der Waals surface area contributed by atoms with Crippen molar-refractivity contribution in [2.45, 2.75) is 26.7 Å². The van der Waals surface area contributed by atoms with Crippen LogP contribution in [0.1, 0.15) is 26.7 Å². The minimum atomic E-state index is -0.0605. The molecule has 0 fully saturated rings. The van der Waals surface area contributed by atoms with Crippen molar-refractivity contribution in [3.63, 3.8) is 0 Å². The van der Waals surface area contributed by atoms with Crippen LogP contribution in [0, 0.1) is 0 Å². The molecule has 0 aromatic carbocycles. The first-order valence-corrected chi connectivity index (χ1v) is 4.50. The molecule has 0 bridgehead atoms. The summed E-state index contributed by atoms with van der Waals surface area (Å²) >= 11 is 0. The van der Waals surface area contributed by atoms with Crippen LogP contribution in [-0.4, -0.2) is 31.4 Å². The van der Waals surface area contributed by atoms with E-state index in [1.165, 1.54) is 6.92 Å². The van der Waals surface area contributed by atoms with Crippen molar-refractivity contribution in [1.29, 1.82) is 0 Å². The number of Topliss-reactive ketones (excluding diaryl/α,β-unsaturated/α-hetero) is 1. The monoisotopic (exact) mass is 187 g/mol. The third-order valence-corrected chi connectivity index (χ3v) is 1.48. The molecule has 0 aliphatic carbocycles. The first-order valence-electron chi connectivity index (χ1n) is 4.50. The Bertz CT molecular complexity index is 168. The lowest BCUT2D eigenvalue weighted by atomic mass is 10.3. The van der Waals surface area contributed by atoms with Gasteiger partial charge in [0.05, 0.1) is 6.61 Å². The SMILES string of the molecule is CCOCCC(=O)NCCC(C)=O. The molecule has 0 aromatic rings. The van der Waals surface area contributed by atoms with E-state index in [9.17, 15) is 9.59 Å². The zero-order valence-electron chi connectivity index (χ0n) is 8.26. The predicted molar refractivity (Wildman–Crippen MR) is 49.4 cm³/mol. The van der Waals surface area contributed by atoms with E-state index < -0.39 is 0 Å². The zero-order chi connectivity index (χ0) is 10.1. The molecule has 0 heterocycles. The van der Waals surface area contributed by atoms with Gasteiger partial charge in [-0.3, -0.25) is 9.59 Å². The van der Waals surface area contributed by atoms with Gasteiger partial charge < -0.3 is 10.1 Å². The Kier molecular flexibility index (Phi) is 7.20. The van der Waals surface area contributed by atoms with Gasteiger partial charge in [-0.05, 0) is 13.8 Å². The average molecular weight is 187 g/mol. The number of nitrogens with one attached hydrogen (secondary N) is 1. The number of carbonyl (C=O) groups excluding carboxylic acids is 2. The van der Waals surface area contributed by atoms with E-state index in [4.69, 9.17) is 4.74 Å². The van der Waals surface area contributed by atoms with Gasteiger partial charge in [-0.15, -0.1) is 0 Å². The minimum Gasteiger partial charge on any atom is -0.381 e. The highest BCUT2D eigenvalue weighted by Crippen LogP contribution is 1.84. The van der Waals surface area contributed by atoms with E-state index in [-0.39, 0.29) is 11.7 Å². The highest BCUT2D eigenvalue weighted by Gasteiger charge is 2.00. The number of amides is 1. The van der Waals surface area contributed by atoms with E-state index in [1.807, 2.05) is 6.92 Å². The molecule has 0 saturated carbocycles. The smallest absolute Gasteiger partial charge is 0.222 e. The highest BCUT2D eigenvalue weighted by molar-refractivity contribution is 5.78. The Hall–Kier alpha value is -0.900. The molecular formula is C9H17NO3. The lowest BCUT2D eigenvalue weighted by Crippen LogP contribution is -2.26. The summed E-state index contributed by atoms with van der Waals surface area (Å²) in [5.41, 5.74) is 0. The number of ketones is 1. The van der Waals surface area contributed by atoms with Gasteiger partial charge in [-0.25, -0.2) is 0 Å². The Morgan fingerprint density at radius 2 is 2.00 bits per heavy atom. The number of carbonyl (C=O) groups is 2. The second kappa shape index (κ2) is 7.73. The Morgan fingerprint density at radius 1 is 1.31 bits per heavy atom. The van der Waals surface area contributed by atoms with Crippen LogP contribution in [0.25, 0.3) is 0 Å². The fraction of sp³-hybridized carbons (Fsp3) is 0.778. The largest absolute Gasteiger partial charge is 0.381 e. The topological polar surface area (TPSA) is 55.4 Å². The molecule has 0 radical (unpaired) electrons. The normalized spacial score (nSPS) is 9.69. The first kappa shape index (κ1) is 12.1. The molecule has 76 valence electrons.